The second kappa shape index (κ2) is 5.35. The number of hydrogen-bond acceptors (Lipinski definition) is 2. The summed E-state index contributed by atoms with van der Waals surface area (Å²) < 4.78 is 0. The predicted octanol–water partition coefficient (Wildman–Crippen LogP) is 2.12. The van der Waals surface area contributed by atoms with E-state index in [4.69, 9.17) is 16.7 Å². The van der Waals surface area contributed by atoms with Gasteiger partial charge >= 0.3 is 0 Å². The summed E-state index contributed by atoms with van der Waals surface area (Å²) >= 11 is 5.91. The Bertz CT molecular complexity index is 301. The first-order chi connectivity index (χ1) is 6.63. The first kappa shape index (κ1) is 11.5. The topological polar surface area (TPSA) is 32.3 Å². The Morgan fingerprint density at radius 2 is 2.21 bits per heavy atom. The number of aliphatic hydroxyl groups is 1. The lowest BCUT2D eigenvalue weighted by Crippen LogP contribution is -2.28. The summed E-state index contributed by atoms with van der Waals surface area (Å²) in [6.45, 7) is 4.86. The third-order valence-electron chi connectivity index (χ3n) is 2.15. The molecule has 0 aromatic heterocycles. The van der Waals surface area contributed by atoms with Crippen LogP contribution in [0, 0.1) is 6.92 Å². The molecule has 2 nitrogen and oxygen atoms in total. The highest BCUT2D eigenvalue weighted by molar-refractivity contribution is 6.31. The van der Waals surface area contributed by atoms with E-state index in [0.717, 1.165) is 17.1 Å². The molecule has 0 fully saturated rings. The van der Waals surface area contributed by atoms with E-state index in [9.17, 15) is 0 Å². The molecular formula is C11H16ClNO. The molecule has 0 heterocycles. The highest BCUT2D eigenvalue weighted by Crippen LogP contribution is 2.16. The molecule has 1 aromatic rings. The molecule has 78 valence electrons. The number of aryl methyl sites for hydroxylation is 1. The molecule has 0 unspecified atom stereocenters. The molecule has 0 spiro atoms. The maximum absolute atomic E-state index is 8.83. The second-order valence-electron chi connectivity index (χ2n) is 3.55. The van der Waals surface area contributed by atoms with E-state index in [1.54, 1.807) is 0 Å². The summed E-state index contributed by atoms with van der Waals surface area (Å²) in [4.78, 5) is 0. The lowest BCUT2D eigenvalue weighted by Gasteiger charge is -2.11. The molecule has 0 amide bonds. The van der Waals surface area contributed by atoms with Crippen LogP contribution >= 0.6 is 11.6 Å². The number of hydrogen-bond donors (Lipinski definition) is 2. The smallest absolute Gasteiger partial charge is 0.0582 e. The van der Waals surface area contributed by atoms with Gasteiger partial charge in [0.1, 0.15) is 0 Å². The minimum Gasteiger partial charge on any atom is -0.395 e. The molecule has 2 N–H and O–H groups in total. The van der Waals surface area contributed by atoms with Gasteiger partial charge in [0.25, 0.3) is 0 Å². The third-order valence-corrected chi connectivity index (χ3v) is 2.57. The zero-order valence-electron chi connectivity index (χ0n) is 8.55. The van der Waals surface area contributed by atoms with Gasteiger partial charge in [0.15, 0.2) is 0 Å². The lowest BCUT2D eigenvalue weighted by molar-refractivity contribution is 0.251. The van der Waals surface area contributed by atoms with Crippen LogP contribution in [-0.2, 0) is 6.54 Å². The van der Waals surface area contributed by atoms with Crippen molar-refractivity contribution in [3.63, 3.8) is 0 Å². The van der Waals surface area contributed by atoms with Crippen molar-refractivity contribution >= 4 is 11.6 Å². The van der Waals surface area contributed by atoms with Gasteiger partial charge in [0.05, 0.1) is 6.61 Å². The molecule has 0 saturated carbocycles. The van der Waals surface area contributed by atoms with E-state index >= 15 is 0 Å². The third kappa shape index (κ3) is 3.29. The highest BCUT2D eigenvalue weighted by atomic mass is 35.5. The molecule has 0 radical (unpaired) electrons. The lowest BCUT2D eigenvalue weighted by atomic mass is 10.1. The minimum absolute atomic E-state index is 0.131. The van der Waals surface area contributed by atoms with Crippen molar-refractivity contribution in [2.45, 2.75) is 26.4 Å². The van der Waals surface area contributed by atoms with Crippen molar-refractivity contribution in [1.82, 2.24) is 5.32 Å². The zero-order chi connectivity index (χ0) is 10.6. The molecule has 0 aliphatic heterocycles. The molecule has 0 aliphatic rings. The SMILES string of the molecule is Cc1cc(CN[C@@H](C)CO)ccc1Cl. The van der Waals surface area contributed by atoms with Gasteiger partial charge in [-0.1, -0.05) is 23.7 Å². The Balaban J connectivity index is 2.55. The molecule has 1 aromatic carbocycles. The van der Waals surface area contributed by atoms with Crippen molar-refractivity contribution in [2.75, 3.05) is 6.61 Å². The van der Waals surface area contributed by atoms with Crippen molar-refractivity contribution in [3.8, 4) is 0 Å². The molecule has 14 heavy (non-hydrogen) atoms. The van der Waals surface area contributed by atoms with Crippen molar-refractivity contribution in [1.29, 1.82) is 0 Å². The summed E-state index contributed by atoms with van der Waals surface area (Å²) in [7, 11) is 0. The first-order valence-electron chi connectivity index (χ1n) is 4.72. The molecule has 1 rings (SSSR count). The van der Waals surface area contributed by atoms with Gasteiger partial charge in [-0.25, -0.2) is 0 Å². The summed E-state index contributed by atoms with van der Waals surface area (Å²) in [6.07, 6.45) is 0. The first-order valence-corrected chi connectivity index (χ1v) is 5.10. The molecule has 0 aliphatic carbocycles. The normalized spacial score (nSPS) is 12.9. The van der Waals surface area contributed by atoms with E-state index < -0.39 is 0 Å². The van der Waals surface area contributed by atoms with Crippen LogP contribution in [0.1, 0.15) is 18.1 Å². The van der Waals surface area contributed by atoms with Gasteiger partial charge in [0, 0.05) is 17.6 Å². The van der Waals surface area contributed by atoms with Gasteiger partial charge < -0.3 is 10.4 Å². The van der Waals surface area contributed by atoms with Gasteiger partial charge in [-0.15, -0.1) is 0 Å². The minimum atomic E-state index is 0.131. The number of benzene rings is 1. The van der Waals surface area contributed by atoms with Crippen LogP contribution in [0.3, 0.4) is 0 Å². The average Bonchev–Trinajstić information content (AvgIpc) is 2.19. The van der Waals surface area contributed by atoms with Crippen LogP contribution in [0.5, 0.6) is 0 Å². The van der Waals surface area contributed by atoms with Crippen molar-refractivity contribution in [3.05, 3.63) is 34.3 Å². The average molecular weight is 214 g/mol. The fourth-order valence-corrected chi connectivity index (χ4v) is 1.29. The van der Waals surface area contributed by atoms with Crippen LogP contribution in [0.25, 0.3) is 0 Å². The van der Waals surface area contributed by atoms with Gasteiger partial charge in [0.2, 0.25) is 0 Å². The highest BCUT2D eigenvalue weighted by Gasteiger charge is 2.00. The molecule has 0 saturated heterocycles. The predicted molar refractivity (Wildman–Crippen MR) is 59.6 cm³/mol. The summed E-state index contributed by atoms with van der Waals surface area (Å²) in [5.74, 6) is 0. The molecule has 1 atom stereocenters. The second-order valence-corrected chi connectivity index (χ2v) is 3.96. The van der Waals surface area contributed by atoms with E-state index in [2.05, 4.69) is 11.4 Å². The van der Waals surface area contributed by atoms with Crippen LogP contribution in [0.2, 0.25) is 5.02 Å². The van der Waals surface area contributed by atoms with E-state index in [0.29, 0.717) is 0 Å². The van der Waals surface area contributed by atoms with Crippen LogP contribution < -0.4 is 5.32 Å². The Morgan fingerprint density at radius 1 is 1.50 bits per heavy atom. The number of rotatable bonds is 4. The fraction of sp³-hybridized carbons (Fsp3) is 0.455. The maximum atomic E-state index is 8.83. The largest absolute Gasteiger partial charge is 0.395 e. The zero-order valence-corrected chi connectivity index (χ0v) is 9.30. The number of aliphatic hydroxyl groups excluding tert-OH is 1. The summed E-state index contributed by atoms with van der Waals surface area (Å²) in [5, 5.41) is 12.8. The Morgan fingerprint density at radius 3 is 2.79 bits per heavy atom. The van der Waals surface area contributed by atoms with E-state index in [1.165, 1.54) is 5.56 Å². The monoisotopic (exact) mass is 213 g/mol. The van der Waals surface area contributed by atoms with Crippen LogP contribution in [0.15, 0.2) is 18.2 Å². The van der Waals surface area contributed by atoms with Crippen LogP contribution in [0.4, 0.5) is 0 Å². The fourth-order valence-electron chi connectivity index (χ4n) is 1.17. The van der Waals surface area contributed by atoms with Gasteiger partial charge in [-0.2, -0.15) is 0 Å². The summed E-state index contributed by atoms with van der Waals surface area (Å²) in [5.41, 5.74) is 2.27. The Hall–Kier alpha value is -0.570. The summed E-state index contributed by atoms with van der Waals surface area (Å²) in [6, 6.07) is 6.08. The van der Waals surface area contributed by atoms with Gasteiger partial charge in [-0.3, -0.25) is 0 Å². The number of halogens is 1. The van der Waals surface area contributed by atoms with Crippen LogP contribution in [-0.4, -0.2) is 17.8 Å². The van der Waals surface area contributed by atoms with Crippen molar-refractivity contribution in [2.24, 2.45) is 0 Å². The standard InChI is InChI=1S/C11H16ClNO/c1-8-5-10(3-4-11(8)12)6-13-9(2)7-14/h3-5,9,13-14H,6-7H2,1-2H3/t9-/m0/s1. The Labute approximate surface area is 89.9 Å². The van der Waals surface area contributed by atoms with Gasteiger partial charge in [-0.05, 0) is 31.0 Å². The maximum Gasteiger partial charge on any atom is 0.0582 e. The Kier molecular flexibility index (Phi) is 4.39. The number of nitrogens with one attached hydrogen (secondary N) is 1. The van der Waals surface area contributed by atoms with Crippen molar-refractivity contribution < 1.29 is 5.11 Å². The molecule has 0 bridgehead atoms. The molecule has 3 heteroatoms. The van der Waals surface area contributed by atoms with E-state index in [-0.39, 0.29) is 12.6 Å². The quantitative estimate of drug-likeness (QED) is 0.803. The molecular weight excluding hydrogens is 198 g/mol. The van der Waals surface area contributed by atoms with E-state index in [1.807, 2.05) is 26.0 Å².